The van der Waals surface area contributed by atoms with Crippen LogP contribution in [0.2, 0.25) is 0 Å². The van der Waals surface area contributed by atoms with Crippen LogP contribution in [-0.4, -0.2) is 65.7 Å². The number of nitrogens with zero attached hydrogens (tertiary/aromatic N) is 3. The quantitative estimate of drug-likeness (QED) is 0.430. The standard InChI is InChI=1S/C24H29N3O6S/c1-24(22(29)15-28,34(4,31)32)11-12-27-16-25-21-13-19(9-10-20(21)23(27)30)18-7-5-17(6-8-18)14-26(2)33-3/h5-10,13,16,28H,11-12,14-15H2,1-4H3/t24-/m1/s1. The Morgan fingerprint density at radius 3 is 2.41 bits per heavy atom. The average Bonchev–Trinajstić information content (AvgIpc) is 2.82. The summed E-state index contributed by atoms with van der Waals surface area (Å²) in [6, 6.07) is 13.4. The summed E-state index contributed by atoms with van der Waals surface area (Å²) in [5, 5.41) is 11.3. The molecule has 1 N–H and O–H groups in total. The van der Waals surface area contributed by atoms with Gasteiger partial charge in [-0.25, -0.2) is 13.4 Å². The highest BCUT2D eigenvalue weighted by Gasteiger charge is 2.42. The van der Waals surface area contributed by atoms with E-state index in [2.05, 4.69) is 4.98 Å². The zero-order valence-corrected chi connectivity index (χ0v) is 20.5. The van der Waals surface area contributed by atoms with E-state index < -0.39 is 27.0 Å². The van der Waals surface area contributed by atoms with Crippen molar-refractivity contribution in [2.45, 2.75) is 31.2 Å². The topological polar surface area (TPSA) is 119 Å². The number of carbonyl (C=O) groups is 1. The monoisotopic (exact) mass is 487 g/mol. The zero-order chi connectivity index (χ0) is 25.1. The van der Waals surface area contributed by atoms with Crippen molar-refractivity contribution in [3.05, 3.63) is 64.7 Å². The molecule has 0 saturated carbocycles. The van der Waals surface area contributed by atoms with Gasteiger partial charge in [0.05, 0.1) is 24.3 Å². The van der Waals surface area contributed by atoms with Gasteiger partial charge in [0.2, 0.25) is 0 Å². The molecule has 182 valence electrons. The lowest BCUT2D eigenvalue weighted by Crippen LogP contribution is -2.46. The number of aliphatic hydroxyl groups is 1. The van der Waals surface area contributed by atoms with E-state index >= 15 is 0 Å². The smallest absolute Gasteiger partial charge is 0.261 e. The van der Waals surface area contributed by atoms with Crippen molar-refractivity contribution in [2.75, 3.05) is 27.0 Å². The molecule has 1 heterocycles. The van der Waals surface area contributed by atoms with Crippen LogP contribution in [0.4, 0.5) is 0 Å². The lowest BCUT2D eigenvalue weighted by molar-refractivity contribution is -0.124. The minimum atomic E-state index is -3.80. The highest BCUT2D eigenvalue weighted by atomic mass is 32.2. The summed E-state index contributed by atoms with van der Waals surface area (Å²) in [6.45, 7) is 1.00. The third-order valence-electron chi connectivity index (χ3n) is 6.21. The first-order valence-electron chi connectivity index (χ1n) is 10.7. The number of aryl methyl sites for hydroxylation is 1. The summed E-state index contributed by atoms with van der Waals surface area (Å²) >= 11 is 0. The number of Topliss-reactive ketones (excluding diaryl/α,β-unsaturated/α-hetero) is 1. The second-order valence-electron chi connectivity index (χ2n) is 8.47. The van der Waals surface area contributed by atoms with E-state index in [4.69, 9.17) is 4.84 Å². The minimum Gasteiger partial charge on any atom is -0.389 e. The highest BCUT2D eigenvalue weighted by Crippen LogP contribution is 2.25. The van der Waals surface area contributed by atoms with Gasteiger partial charge in [-0.05, 0) is 42.2 Å². The fourth-order valence-electron chi connectivity index (χ4n) is 3.65. The largest absolute Gasteiger partial charge is 0.389 e. The van der Waals surface area contributed by atoms with Crippen LogP contribution in [0.25, 0.3) is 22.0 Å². The summed E-state index contributed by atoms with van der Waals surface area (Å²) in [4.78, 5) is 34.6. The number of sulfone groups is 1. The molecule has 0 saturated heterocycles. The number of aromatic nitrogens is 2. The molecule has 0 fully saturated rings. The predicted octanol–water partition coefficient (Wildman–Crippen LogP) is 1.81. The fraction of sp³-hybridized carbons (Fsp3) is 0.375. The molecular formula is C24H29N3O6S. The molecule has 10 heteroatoms. The van der Waals surface area contributed by atoms with Gasteiger partial charge in [-0.3, -0.25) is 14.2 Å². The molecule has 3 aromatic rings. The number of fused-ring (bicyclic) bond motifs is 1. The van der Waals surface area contributed by atoms with Gasteiger partial charge in [-0.15, -0.1) is 0 Å². The van der Waals surface area contributed by atoms with E-state index in [-0.39, 0.29) is 18.5 Å². The number of hydrogen-bond acceptors (Lipinski definition) is 8. The van der Waals surface area contributed by atoms with Crippen LogP contribution >= 0.6 is 0 Å². The lowest BCUT2D eigenvalue weighted by atomic mass is 10.0. The average molecular weight is 488 g/mol. The van der Waals surface area contributed by atoms with Crippen molar-refractivity contribution in [3.63, 3.8) is 0 Å². The lowest BCUT2D eigenvalue weighted by Gasteiger charge is -2.25. The van der Waals surface area contributed by atoms with Crippen LogP contribution in [0.3, 0.4) is 0 Å². The Morgan fingerprint density at radius 1 is 1.18 bits per heavy atom. The number of rotatable bonds is 10. The molecule has 2 aromatic carbocycles. The number of hydroxylamine groups is 2. The Balaban J connectivity index is 1.86. The van der Waals surface area contributed by atoms with Crippen molar-refractivity contribution >= 4 is 26.5 Å². The normalized spacial score (nSPS) is 13.8. The Kier molecular flexibility index (Phi) is 7.67. The first kappa shape index (κ1) is 25.7. The van der Waals surface area contributed by atoms with Gasteiger partial charge in [0.15, 0.2) is 15.6 Å². The van der Waals surface area contributed by atoms with Crippen molar-refractivity contribution in [2.24, 2.45) is 0 Å². The van der Waals surface area contributed by atoms with Gasteiger partial charge in [0.25, 0.3) is 5.56 Å². The third-order valence-corrected chi connectivity index (χ3v) is 8.28. The zero-order valence-electron chi connectivity index (χ0n) is 19.7. The molecule has 0 aliphatic rings. The fourth-order valence-corrected chi connectivity index (χ4v) is 4.59. The summed E-state index contributed by atoms with van der Waals surface area (Å²) in [7, 11) is -0.340. The number of hydrogen-bond donors (Lipinski definition) is 1. The Morgan fingerprint density at radius 2 is 1.82 bits per heavy atom. The molecule has 9 nitrogen and oxygen atoms in total. The molecule has 0 bridgehead atoms. The highest BCUT2D eigenvalue weighted by molar-refractivity contribution is 7.92. The van der Waals surface area contributed by atoms with Crippen LogP contribution < -0.4 is 5.56 Å². The predicted molar refractivity (Wildman–Crippen MR) is 130 cm³/mol. The first-order chi connectivity index (χ1) is 16.0. The maximum absolute atomic E-state index is 13.0. The summed E-state index contributed by atoms with van der Waals surface area (Å²) in [6.07, 6.45) is 2.15. The Bertz CT molecular complexity index is 1350. The third kappa shape index (κ3) is 5.25. The van der Waals surface area contributed by atoms with Crippen LogP contribution in [-0.2, 0) is 32.6 Å². The van der Waals surface area contributed by atoms with Crippen LogP contribution in [0.5, 0.6) is 0 Å². The van der Waals surface area contributed by atoms with Gasteiger partial charge < -0.3 is 9.94 Å². The summed E-state index contributed by atoms with van der Waals surface area (Å²) in [5.74, 6) is -0.804. The summed E-state index contributed by atoms with van der Waals surface area (Å²) < 4.78 is 23.9. The SMILES string of the molecule is CON(C)Cc1ccc(-c2ccc3c(=O)n(CC[C@](C)(C(=O)CO)S(C)(=O)=O)cnc3c2)cc1. The molecule has 34 heavy (non-hydrogen) atoms. The first-order valence-corrected chi connectivity index (χ1v) is 12.6. The van der Waals surface area contributed by atoms with Crippen LogP contribution in [0.15, 0.2) is 53.6 Å². The molecule has 0 aliphatic heterocycles. The molecule has 3 rings (SSSR count). The van der Waals surface area contributed by atoms with Crippen molar-refractivity contribution < 1.29 is 23.2 Å². The van der Waals surface area contributed by atoms with Gasteiger partial charge in [0.1, 0.15) is 11.4 Å². The number of aliphatic hydroxyl groups excluding tert-OH is 1. The van der Waals surface area contributed by atoms with E-state index in [9.17, 15) is 23.1 Å². The molecule has 0 radical (unpaired) electrons. The van der Waals surface area contributed by atoms with Gasteiger partial charge in [-0.2, -0.15) is 5.06 Å². The maximum atomic E-state index is 13.0. The molecule has 0 unspecified atom stereocenters. The van der Waals surface area contributed by atoms with Crippen LogP contribution in [0.1, 0.15) is 18.9 Å². The summed E-state index contributed by atoms with van der Waals surface area (Å²) in [5.41, 5.74) is 3.15. The minimum absolute atomic E-state index is 0.0315. The van der Waals surface area contributed by atoms with Crippen molar-refractivity contribution in [1.82, 2.24) is 14.6 Å². The number of benzene rings is 2. The molecule has 0 amide bonds. The second kappa shape index (κ2) is 10.1. The van der Waals surface area contributed by atoms with E-state index in [1.54, 1.807) is 18.2 Å². The van der Waals surface area contributed by atoms with Crippen molar-refractivity contribution in [1.29, 1.82) is 0 Å². The molecule has 1 atom stereocenters. The molecule has 0 aliphatic carbocycles. The van der Waals surface area contributed by atoms with Gasteiger partial charge >= 0.3 is 0 Å². The number of ketones is 1. The Labute approximate surface area is 198 Å². The number of carbonyl (C=O) groups excluding carboxylic acids is 1. The van der Waals surface area contributed by atoms with E-state index in [1.165, 1.54) is 17.8 Å². The van der Waals surface area contributed by atoms with Gasteiger partial charge in [0, 0.05) is 26.4 Å². The van der Waals surface area contributed by atoms with E-state index in [1.807, 2.05) is 43.4 Å². The Hall–Kier alpha value is -2.92. The van der Waals surface area contributed by atoms with Crippen LogP contribution in [0, 0.1) is 0 Å². The molecule has 1 aromatic heterocycles. The maximum Gasteiger partial charge on any atom is 0.261 e. The van der Waals surface area contributed by atoms with E-state index in [0.717, 1.165) is 22.9 Å². The van der Waals surface area contributed by atoms with Crippen molar-refractivity contribution in [3.8, 4) is 11.1 Å². The molecule has 0 spiro atoms. The second-order valence-corrected chi connectivity index (χ2v) is 10.9. The molecular weight excluding hydrogens is 458 g/mol. The van der Waals surface area contributed by atoms with E-state index in [0.29, 0.717) is 17.4 Å². The van der Waals surface area contributed by atoms with Gasteiger partial charge in [-0.1, -0.05) is 30.3 Å².